The lowest BCUT2D eigenvalue weighted by Crippen LogP contribution is -2.17. The van der Waals surface area contributed by atoms with Crippen LogP contribution in [0.15, 0.2) is 9.85 Å². The van der Waals surface area contributed by atoms with Gasteiger partial charge >= 0.3 is 0 Å². The van der Waals surface area contributed by atoms with Crippen molar-refractivity contribution in [2.45, 2.75) is 18.8 Å². The Hall–Kier alpha value is 0.140. The molecule has 1 saturated heterocycles. The highest BCUT2D eigenvalue weighted by Gasteiger charge is 2.34. The van der Waals surface area contributed by atoms with Crippen molar-refractivity contribution in [1.29, 1.82) is 0 Å². The van der Waals surface area contributed by atoms with Crippen LogP contribution < -0.4 is 5.32 Å². The summed E-state index contributed by atoms with van der Waals surface area (Å²) in [7, 11) is 0. The quantitative estimate of drug-likeness (QED) is 0.754. The van der Waals surface area contributed by atoms with Crippen LogP contribution in [0.25, 0.3) is 0 Å². The molecule has 13 heavy (non-hydrogen) atoms. The molecule has 2 aliphatic rings. The van der Waals surface area contributed by atoms with Crippen LogP contribution >= 0.6 is 27.3 Å². The Morgan fingerprint density at radius 2 is 2.38 bits per heavy atom. The Balaban J connectivity index is 2.06. The first-order valence-corrected chi connectivity index (χ1v) is 6.50. The third kappa shape index (κ3) is 1.21. The van der Waals surface area contributed by atoms with Crippen LogP contribution in [0.3, 0.4) is 0 Å². The Morgan fingerprint density at radius 3 is 3.31 bits per heavy atom. The third-order valence-electron chi connectivity index (χ3n) is 3.32. The van der Waals surface area contributed by atoms with Crippen molar-refractivity contribution >= 4 is 27.3 Å². The minimum atomic E-state index is 0.819. The second kappa shape index (κ2) is 3.07. The van der Waals surface area contributed by atoms with Crippen LogP contribution in [0.5, 0.6) is 0 Å². The van der Waals surface area contributed by atoms with Gasteiger partial charge in [0.2, 0.25) is 0 Å². The number of rotatable bonds is 0. The monoisotopic (exact) mass is 257 g/mol. The topological polar surface area (TPSA) is 12.0 Å². The summed E-state index contributed by atoms with van der Waals surface area (Å²) in [4.78, 5) is 1.65. The van der Waals surface area contributed by atoms with Crippen LogP contribution in [-0.4, -0.2) is 13.1 Å². The molecule has 1 N–H and O–H groups in total. The SMILES string of the molecule is Brc1csc2c1CCC1CNCC21. The largest absolute Gasteiger partial charge is 0.316 e. The van der Waals surface area contributed by atoms with Gasteiger partial charge in [-0.2, -0.15) is 0 Å². The first kappa shape index (κ1) is 8.45. The molecule has 0 amide bonds. The van der Waals surface area contributed by atoms with E-state index in [1.54, 1.807) is 10.4 Å². The normalized spacial score (nSPS) is 31.5. The van der Waals surface area contributed by atoms with Gasteiger partial charge in [-0.1, -0.05) is 0 Å². The maximum absolute atomic E-state index is 3.64. The van der Waals surface area contributed by atoms with E-state index in [9.17, 15) is 0 Å². The van der Waals surface area contributed by atoms with Gasteiger partial charge in [0.25, 0.3) is 0 Å². The van der Waals surface area contributed by atoms with E-state index in [1.807, 2.05) is 11.3 Å². The average Bonchev–Trinajstić information content (AvgIpc) is 2.70. The zero-order valence-corrected chi connectivity index (χ0v) is 9.75. The van der Waals surface area contributed by atoms with Crippen molar-refractivity contribution in [3.8, 4) is 0 Å². The van der Waals surface area contributed by atoms with Gasteiger partial charge in [-0.05, 0) is 46.8 Å². The molecule has 1 aliphatic carbocycles. The standard InChI is InChI=1S/C10H12BrNS/c11-9-5-13-10-7(9)2-1-6-3-12-4-8(6)10/h5-6,8,12H,1-4H2. The number of hydrogen-bond acceptors (Lipinski definition) is 2. The summed E-state index contributed by atoms with van der Waals surface area (Å²) in [6.07, 6.45) is 2.66. The molecule has 0 radical (unpaired) electrons. The third-order valence-corrected chi connectivity index (χ3v) is 5.48. The van der Waals surface area contributed by atoms with Crippen molar-refractivity contribution < 1.29 is 0 Å². The molecule has 1 fully saturated rings. The summed E-state index contributed by atoms with van der Waals surface area (Å²) >= 11 is 5.58. The zero-order chi connectivity index (χ0) is 8.84. The summed E-state index contributed by atoms with van der Waals surface area (Å²) in [5.74, 6) is 1.73. The van der Waals surface area contributed by atoms with Gasteiger partial charge in [-0.25, -0.2) is 0 Å². The average molecular weight is 258 g/mol. The highest BCUT2D eigenvalue weighted by atomic mass is 79.9. The van der Waals surface area contributed by atoms with Crippen molar-refractivity contribution in [3.05, 3.63) is 20.3 Å². The summed E-state index contributed by atoms with van der Waals surface area (Å²) < 4.78 is 1.35. The molecule has 3 rings (SSSR count). The minimum absolute atomic E-state index is 0.819. The van der Waals surface area contributed by atoms with Crippen LogP contribution in [-0.2, 0) is 6.42 Å². The molecule has 1 nitrogen and oxygen atoms in total. The van der Waals surface area contributed by atoms with Gasteiger partial charge in [0.1, 0.15) is 0 Å². The fourth-order valence-corrected chi connectivity index (χ4v) is 4.60. The molecule has 70 valence electrons. The predicted octanol–water partition coefficient (Wildman–Crippen LogP) is 2.76. The summed E-state index contributed by atoms with van der Waals surface area (Å²) in [6, 6.07) is 0. The fraction of sp³-hybridized carbons (Fsp3) is 0.600. The molecule has 0 saturated carbocycles. The lowest BCUT2D eigenvalue weighted by atomic mass is 9.82. The van der Waals surface area contributed by atoms with Crippen LogP contribution in [0, 0.1) is 5.92 Å². The zero-order valence-electron chi connectivity index (χ0n) is 7.35. The summed E-state index contributed by atoms with van der Waals surface area (Å²) in [6.45, 7) is 2.43. The lowest BCUT2D eigenvalue weighted by Gasteiger charge is -2.24. The highest BCUT2D eigenvalue weighted by Crippen LogP contribution is 2.44. The van der Waals surface area contributed by atoms with Crippen LogP contribution in [0.2, 0.25) is 0 Å². The number of nitrogens with one attached hydrogen (secondary N) is 1. The molecular weight excluding hydrogens is 246 g/mol. The summed E-state index contributed by atoms with van der Waals surface area (Å²) in [5, 5.41) is 5.76. The molecule has 1 aromatic heterocycles. The van der Waals surface area contributed by atoms with Crippen molar-refractivity contribution in [1.82, 2.24) is 5.32 Å². The van der Waals surface area contributed by atoms with E-state index in [4.69, 9.17) is 0 Å². The maximum atomic E-state index is 3.64. The van der Waals surface area contributed by atoms with Gasteiger partial charge < -0.3 is 5.32 Å². The maximum Gasteiger partial charge on any atom is 0.0317 e. The van der Waals surface area contributed by atoms with E-state index in [-0.39, 0.29) is 0 Å². The van der Waals surface area contributed by atoms with E-state index < -0.39 is 0 Å². The number of thiophene rings is 1. The molecule has 1 aliphatic heterocycles. The van der Waals surface area contributed by atoms with Crippen molar-refractivity contribution in [2.24, 2.45) is 5.92 Å². The molecule has 2 unspecified atom stereocenters. The van der Waals surface area contributed by atoms with E-state index in [2.05, 4.69) is 26.6 Å². The Kier molecular flexibility index (Phi) is 2.00. The van der Waals surface area contributed by atoms with Gasteiger partial charge in [0.05, 0.1) is 0 Å². The predicted molar refractivity (Wildman–Crippen MR) is 59.4 cm³/mol. The van der Waals surface area contributed by atoms with E-state index in [1.165, 1.54) is 30.4 Å². The Morgan fingerprint density at radius 1 is 1.46 bits per heavy atom. The number of halogens is 1. The van der Waals surface area contributed by atoms with E-state index in [0.29, 0.717) is 0 Å². The first-order chi connectivity index (χ1) is 6.36. The van der Waals surface area contributed by atoms with Gasteiger partial charge in [-0.3, -0.25) is 0 Å². The number of fused-ring (bicyclic) bond motifs is 3. The molecular formula is C10H12BrNS. The smallest absolute Gasteiger partial charge is 0.0317 e. The second-order valence-electron chi connectivity index (χ2n) is 3.99. The molecule has 0 bridgehead atoms. The molecule has 2 heterocycles. The molecule has 0 aromatic carbocycles. The van der Waals surface area contributed by atoms with Crippen molar-refractivity contribution in [3.63, 3.8) is 0 Å². The van der Waals surface area contributed by atoms with Crippen molar-refractivity contribution in [2.75, 3.05) is 13.1 Å². The molecule has 0 spiro atoms. The van der Waals surface area contributed by atoms with E-state index in [0.717, 1.165) is 11.8 Å². The lowest BCUT2D eigenvalue weighted by molar-refractivity contribution is 0.458. The van der Waals surface area contributed by atoms with Crippen LogP contribution in [0.1, 0.15) is 22.8 Å². The Labute approximate surface area is 90.7 Å². The fourth-order valence-electron chi connectivity index (χ4n) is 2.60. The summed E-state index contributed by atoms with van der Waals surface area (Å²) in [5.41, 5.74) is 1.59. The molecule has 2 atom stereocenters. The minimum Gasteiger partial charge on any atom is -0.316 e. The molecule has 3 heteroatoms. The second-order valence-corrected chi connectivity index (χ2v) is 5.76. The Bertz CT molecular complexity index is 334. The van der Waals surface area contributed by atoms with E-state index >= 15 is 0 Å². The van der Waals surface area contributed by atoms with Gasteiger partial charge in [0, 0.05) is 27.2 Å². The molecule has 1 aromatic rings. The first-order valence-electron chi connectivity index (χ1n) is 4.82. The highest BCUT2D eigenvalue weighted by molar-refractivity contribution is 9.10. The van der Waals surface area contributed by atoms with Gasteiger partial charge in [-0.15, -0.1) is 11.3 Å². The van der Waals surface area contributed by atoms with Gasteiger partial charge in [0.15, 0.2) is 0 Å². The number of hydrogen-bond donors (Lipinski definition) is 1. The van der Waals surface area contributed by atoms with Crippen LogP contribution in [0.4, 0.5) is 0 Å².